The molecule has 1 atom stereocenters. The monoisotopic (exact) mass is 332 g/mol. The normalized spacial score (nSPS) is 22.7. The molecule has 0 aromatic carbocycles. The fourth-order valence-corrected chi connectivity index (χ4v) is 3.54. The fraction of sp³-hybridized carbons (Fsp3) is 0.706. The van der Waals surface area contributed by atoms with Gasteiger partial charge in [0.25, 0.3) is 0 Å². The maximum atomic E-state index is 12.1. The minimum absolute atomic E-state index is 0.139. The predicted octanol–water partition coefficient (Wildman–Crippen LogP) is 0.199. The number of aromatic nitrogens is 2. The zero-order valence-electron chi connectivity index (χ0n) is 14.5. The Labute approximate surface area is 144 Å². The van der Waals surface area contributed by atoms with E-state index in [-0.39, 0.29) is 5.91 Å². The Morgan fingerprint density at radius 3 is 2.62 bits per heavy atom. The average Bonchev–Trinajstić information content (AvgIpc) is 3.01. The molecule has 1 aromatic heterocycles. The summed E-state index contributed by atoms with van der Waals surface area (Å²) in [6.45, 7) is 5.94. The van der Waals surface area contributed by atoms with Crippen LogP contribution in [0.2, 0.25) is 0 Å². The van der Waals surface area contributed by atoms with E-state index in [4.69, 9.17) is 0 Å². The van der Waals surface area contributed by atoms with E-state index in [0.29, 0.717) is 12.6 Å². The quantitative estimate of drug-likeness (QED) is 0.803. The van der Waals surface area contributed by atoms with E-state index in [1.165, 1.54) is 19.4 Å². The number of amides is 1. The predicted molar refractivity (Wildman–Crippen MR) is 94.0 cm³/mol. The Morgan fingerprint density at radius 1 is 1.21 bits per heavy atom. The van der Waals surface area contributed by atoms with Crippen molar-refractivity contribution in [2.45, 2.75) is 25.3 Å². The number of hydrogen-bond acceptors (Lipinski definition) is 6. The molecule has 1 amide bonds. The number of nitrogens with zero attached hydrogens (tertiary/aromatic N) is 5. The molecule has 0 aliphatic carbocycles. The molecule has 0 saturated carbocycles. The molecule has 2 aliphatic heterocycles. The second kappa shape index (κ2) is 8.39. The lowest BCUT2D eigenvalue weighted by molar-refractivity contribution is -0.122. The van der Waals surface area contributed by atoms with Gasteiger partial charge in [0.1, 0.15) is 0 Å². The van der Waals surface area contributed by atoms with Crippen molar-refractivity contribution in [1.29, 1.82) is 0 Å². The topological polar surface area (TPSA) is 64.6 Å². The Hall–Kier alpha value is -1.73. The smallest absolute Gasteiger partial charge is 0.234 e. The van der Waals surface area contributed by atoms with E-state index in [1.807, 2.05) is 6.07 Å². The van der Waals surface area contributed by atoms with Crippen LogP contribution in [0.5, 0.6) is 0 Å². The van der Waals surface area contributed by atoms with Gasteiger partial charge in [-0.3, -0.25) is 9.69 Å². The van der Waals surface area contributed by atoms with Gasteiger partial charge in [-0.15, -0.1) is 0 Å². The number of carbonyl (C=O) groups is 1. The second-order valence-electron chi connectivity index (χ2n) is 6.73. The Morgan fingerprint density at radius 2 is 1.96 bits per heavy atom. The van der Waals surface area contributed by atoms with Crippen LogP contribution in [0.3, 0.4) is 0 Å². The molecule has 0 bridgehead atoms. The highest BCUT2D eigenvalue weighted by Crippen LogP contribution is 2.17. The fourth-order valence-electron chi connectivity index (χ4n) is 3.54. The van der Waals surface area contributed by atoms with Crippen molar-refractivity contribution >= 4 is 11.9 Å². The molecule has 0 spiro atoms. The summed E-state index contributed by atoms with van der Waals surface area (Å²) in [7, 11) is 2.18. The lowest BCUT2D eigenvalue weighted by atomic mass is 10.1. The van der Waals surface area contributed by atoms with Crippen LogP contribution in [0, 0.1) is 0 Å². The van der Waals surface area contributed by atoms with Crippen molar-refractivity contribution in [1.82, 2.24) is 25.1 Å². The molecule has 7 nitrogen and oxygen atoms in total. The van der Waals surface area contributed by atoms with Gasteiger partial charge in [-0.2, -0.15) is 0 Å². The minimum atomic E-state index is 0.139. The highest BCUT2D eigenvalue weighted by molar-refractivity contribution is 5.78. The van der Waals surface area contributed by atoms with Gasteiger partial charge in [-0.25, -0.2) is 9.97 Å². The van der Waals surface area contributed by atoms with Crippen molar-refractivity contribution in [3.8, 4) is 0 Å². The molecule has 2 fully saturated rings. The van der Waals surface area contributed by atoms with E-state index in [1.54, 1.807) is 12.4 Å². The van der Waals surface area contributed by atoms with Crippen LogP contribution in [0.25, 0.3) is 0 Å². The van der Waals surface area contributed by atoms with Gasteiger partial charge in [0.15, 0.2) is 0 Å². The number of likely N-dealkylation sites (tertiary alicyclic amines) is 1. The first-order valence-electron chi connectivity index (χ1n) is 8.93. The zero-order chi connectivity index (χ0) is 16.8. The van der Waals surface area contributed by atoms with Gasteiger partial charge in [0, 0.05) is 51.2 Å². The molecule has 0 unspecified atom stereocenters. The number of anilines is 1. The number of rotatable bonds is 6. The van der Waals surface area contributed by atoms with Crippen molar-refractivity contribution in [2.24, 2.45) is 0 Å². The molecule has 24 heavy (non-hydrogen) atoms. The SMILES string of the molecule is CN1CCC[C@H]1CCNC(=O)CN1CCN(c2ncccn2)CC1. The Kier molecular flexibility index (Phi) is 5.98. The first kappa shape index (κ1) is 17.1. The maximum absolute atomic E-state index is 12.1. The van der Waals surface area contributed by atoms with Gasteiger partial charge < -0.3 is 15.1 Å². The molecule has 132 valence electrons. The van der Waals surface area contributed by atoms with Gasteiger partial charge in [-0.05, 0) is 38.9 Å². The minimum Gasteiger partial charge on any atom is -0.355 e. The molecule has 0 radical (unpaired) electrons. The van der Waals surface area contributed by atoms with Crippen LogP contribution < -0.4 is 10.2 Å². The third-order valence-electron chi connectivity index (χ3n) is 5.05. The average molecular weight is 332 g/mol. The van der Waals surface area contributed by atoms with E-state index in [9.17, 15) is 4.79 Å². The van der Waals surface area contributed by atoms with E-state index >= 15 is 0 Å². The summed E-state index contributed by atoms with van der Waals surface area (Å²) in [5.74, 6) is 0.919. The van der Waals surface area contributed by atoms with Crippen molar-refractivity contribution in [3.63, 3.8) is 0 Å². The summed E-state index contributed by atoms with van der Waals surface area (Å²) in [6.07, 6.45) is 7.13. The maximum Gasteiger partial charge on any atom is 0.234 e. The van der Waals surface area contributed by atoms with Gasteiger partial charge >= 0.3 is 0 Å². The van der Waals surface area contributed by atoms with E-state index in [2.05, 4.69) is 37.0 Å². The van der Waals surface area contributed by atoms with Gasteiger partial charge in [0.05, 0.1) is 6.54 Å². The number of carbonyl (C=O) groups excluding carboxylic acids is 1. The van der Waals surface area contributed by atoms with Crippen LogP contribution in [0.4, 0.5) is 5.95 Å². The molecule has 1 aromatic rings. The number of nitrogens with one attached hydrogen (secondary N) is 1. The first-order chi connectivity index (χ1) is 11.7. The van der Waals surface area contributed by atoms with Gasteiger partial charge in [0.2, 0.25) is 11.9 Å². The van der Waals surface area contributed by atoms with E-state index in [0.717, 1.165) is 45.1 Å². The Bertz CT molecular complexity index is 517. The lowest BCUT2D eigenvalue weighted by Gasteiger charge is -2.34. The second-order valence-corrected chi connectivity index (χ2v) is 6.73. The molecular weight excluding hydrogens is 304 g/mol. The molecule has 3 rings (SSSR count). The van der Waals surface area contributed by atoms with Crippen LogP contribution in [0.15, 0.2) is 18.5 Å². The molecule has 2 aliphatic rings. The third kappa shape index (κ3) is 4.64. The number of hydrogen-bond donors (Lipinski definition) is 1. The largest absolute Gasteiger partial charge is 0.355 e. The van der Waals surface area contributed by atoms with Crippen molar-refractivity contribution in [3.05, 3.63) is 18.5 Å². The zero-order valence-corrected chi connectivity index (χ0v) is 14.5. The van der Waals surface area contributed by atoms with Crippen LogP contribution >= 0.6 is 0 Å². The molecule has 3 heterocycles. The van der Waals surface area contributed by atoms with Gasteiger partial charge in [-0.1, -0.05) is 0 Å². The summed E-state index contributed by atoms with van der Waals surface area (Å²) in [4.78, 5) is 27.5. The summed E-state index contributed by atoms with van der Waals surface area (Å²) < 4.78 is 0. The molecule has 2 saturated heterocycles. The molecule has 7 heteroatoms. The standard InChI is InChI=1S/C17H28N6O/c1-21-9-2-4-15(21)5-8-18-16(24)14-22-10-12-23(13-11-22)17-19-6-3-7-20-17/h3,6-7,15H,2,4-5,8-14H2,1H3,(H,18,24)/t15-/m0/s1. The van der Waals surface area contributed by atoms with Crippen molar-refractivity contribution in [2.75, 3.05) is 57.8 Å². The summed E-state index contributed by atoms with van der Waals surface area (Å²) in [6, 6.07) is 2.47. The van der Waals surface area contributed by atoms with Crippen LogP contribution in [-0.4, -0.2) is 84.6 Å². The van der Waals surface area contributed by atoms with Crippen LogP contribution in [-0.2, 0) is 4.79 Å². The number of piperazine rings is 1. The van der Waals surface area contributed by atoms with Crippen LogP contribution in [0.1, 0.15) is 19.3 Å². The van der Waals surface area contributed by atoms with E-state index < -0.39 is 0 Å². The summed E-state index contributed by atoms with van der Waals surface area (Å²) >= 11 is 0. The Balaban J connectivity index is 1.33. The highest BCUT2D eigenvalue weighted by atomic mass is 16.2. The lowest BCUT2D eigenvalue weighted by Crippen LogP contribution is -2.50. The summed E-state index contributed by atoms with van der Waals surface area (Å²) in [5.41, 5.74) is 0. The highest BCUT2D eigenvalue weighted by Gasteiger charge is 2.22. The van der Waals surface area contributed by atoms with Crippen molar-refractivity contribution < 1.29 is 4.79 Å². The first-order valence-corrected chi connectivity index (χ1v) is 8.93. The molecular formula is C17H28N6O. The summed E-state index contributed by atoms with van der Waals surface area (Å²) in [5, 5.41) is 3.07. The third-order valence-corrected chi connectivity index (χ3v) is 5.05. The molecule has 1 N–H and O–H groups in total.